The molecule has 1 aromatic rings. The lowest BCUT2D eigenvalue weighted by atomic mass is 10.0. The number of halogens is 1. The molecule has 1 amide bonds. The van der Waals surface area contributed by atoms with Crippen molar-refractivity contribution in [3.63, 3.8) is 0 Å². The molecule has 1 unspecified atom stereocenters. The molecule has 1 atom stereocenters. The number of amides is 1. The van der Waals surface area contributed by atoms with Crippen LogP contribution in [0.5, 0.6) is 0 Å². The highest BCUT2D eigenvalue weighted by molar-refractivity contribution is 6.31. The summed E-state index contributed by atoms with van der Waals surface area (Å²) in [5.41, 5.74) is 1.49. The fraction of sp³-hybridized carbons (Fsp3) is 0.500. The van der Waals surface area contributed by atoms with Crippen LogP contribution in [0.2, 0.25) is 5.02 Å². The third-order valence-corrected chi connectivity index (χ3v) is 3.34. The van der Waals surface area contributed by atoms with Gasteiger partial charge in [0.05, 0.1) is 6.10 Å². The van der Waals surface area contributed by atoms with Crippen LogP contribution in [0, 0.1) is 12.8 Å². The SMILES string of the molecule is Cc1ccc(C(=O)NCCC(O)C(C)C)cc1Cl. The lowest BCUT2D eigenvalue weighted by Gasteiger charge is -2.14. The van der Waals surface area contributed by atoms with Crippen molar-refractivity contribution in [3.05, 3.63) is 34.3 Å². The first kappa shape index (κ1) is 15.0. The summed E-state index contributed by atoms with van der Waals surface area (Å²) in [5.74, 6) is 0.0450. The van der Waals surface area contributed by atoms with Gasteiger partial charge in [-0.1, -0.05) is 31.5 Å². The van der Waals surface area contributed by atoms with E-state index < -0.39 is 0 Å². The van der Waals surface area contributed by atoms with Gasteiger partial charge in [-0.15, -0.1) is 0 Å². The molecule has 0 aliphatic heterocycles. The zero-order valence-corrected chi connectivity index (χ0v) is 11.8. The van der Waals surface area contributed by atoms with Crippen LogP contribution in [0.4, 0.5) is 0 Å². The highest BCUT2D eigenvalue weighted by atomic mass is 35.5. The van der Waals surface area contributed by atoms with E-state index in [4.69, 9.17) is 11.6 Å². The lowest BCUT2D eigenvalue weighted by molar-refractivity contribution is 0.0920. The average molecular weight is 270 g/mol. The summed E-state index contributed by atoms with van der Waals surface area (Å²) >= 11 is 5.96. The van der Waals surface area contributed by atoms with Crippen molar-refractivity contribution in [2.75, 3.05) is 6.54 Å². The number of carbonyl (C=O) groups is 1. The number of benzene rings is 1. The zero-order valence-electron chi connectivity index (χ0n) is 11.0. The van der Waals surface area contributed by atoms with Gasteiger partial charge in [-0.25, -0.2) is 0 Å². The lowest BCUT2D eigenvalue weighted by Crippen LogP contribution is -2.28. The summed E-state index contributed by atoms with van der Waals surface area (Å²) in [6, 6.07) is 5.22. The summed E-state index contributed by atoms with van der Waals surface area (Å²) in [6.45, 7) is 6.26. The van der Waals surface area contributed by atoms with Gasteiger partial charge in [-0.3, -0.25) is 4.79 Å². The molecule has 1 rings (SSSR count). The molecule has 3 nitrogen and oxygen atoms in total. The van der Waals surface area contributed by atoms with E-state index in [2.05, 4.69) is 5.32 Å². The van der Waals surface area contributed by atoms with Crippen LogP contribution in [0.3, 0.4) is 0 Å². The zero-order chi connectivity index (χ0) is 13.7. The number of aliphatic hydroxyl groups excluding tert-OH is 1. The third-order valence-electron chi connectivity index (χ3n) is 2.93. The van der Waals surface area contributed by atoms with E-state index >= 15 is 0 Å². The van der Waals surface area contributed by atoms with Crippen LogP contribution in [-0.4, -0.2) is 23.7 Å². The Labute approximate surface area is 113 Å². The Morgan fingerprint density at radius 1 is 1.44 bits per heavy atom. The van der Waals surface area contributed by atoms with Crippen LogP contribution in [0.15, 0.2) is 18.2 Å². The van der Waals surface area contributed by atoms with Crippen molar-refractivity contribution in [2.45, 2.75) is 33.3 Å². The predicted octanol–water partition coefficient (Wildman–Crippen LogP) is 2.79. The van der Waals surface area contributed by atoms with Crippen LogP contribution in [0.25, 0.3) is 0 Å². The number of nitrogens with one attached hydrogen (secondary N) is 1. The minimum Gasteiger partial charge on any atom is -0.393 e. The van der Waals surface area contributed by atoms with E-state index in [0.717, 1.165) is 5.56 Å². The van der Waals surface area contributed by atoms with Crippen molar-refractivity contribution < 1.29 is 9.90 Å². The van der Waals surface area contributed by atoms with Crippen molar-refractivity contribution in [3.8, 4) is 0 Å². The summed E-state index contributed by atoms with van der Waals surface area (Å²) in [5, 5.41) is 13.0. The molecule has 18 heavy (non-hydrogen) atoms. The fourth-order valence-corrected chi connectivity index (χ4v) is 1.68. The first-order valence-corrected chi connectivity index (χ1v) is 6.52. The number of aliphatic hydroxyl groups is 1. The molecule has 0 aliphatic rings. The Morgan fingerprint density at radius 3 is 2.67 bits per heavy atom. The summed E-state index contributed by atoms with van der Waals surface area (Å²) in [7, 11) is 0. The highest BCUT2D eigenvalue weighted by Crippen LogP contribution is 2.16. The van der Waals surface area contributed by atoms with Crippen molar-refractivity contribution in [1.82, 2.24) is 5.32 Å². The Morgan fingerprint density at radius 2 is 2.11 bits per heavy atom. The minimum atomic E-state index is -0.382. The monoisotopic (exact) mass is 269 g/mol. The average Bonchev–Trinajstić information content (AvgIpc) is 2.32. The molecular weight excluding hydrogens is 250 g/mol. The third kappa shape index (κ3) is 4.31. The van der Waals surface area contributed by atoms with Crippen LogP contribution >= 0.6 is 11.6 Å². The Balaban J connectivity index is 2.48. The molecule has 0 saturated carbocycles. The van der Waals surface area contributed by atoms with Gasteiger partial charge in [0.25, 0.3) is 5.91 Å². The van der Waals surface area contributed by atoms with Gasteiger partial charge in [0.15, 0.2) is 0 Å². The molecule has 0 radical (unpaired) electrons. The summed E-state index contributed by atoms with van der Waals surface area (Å²) in [6.07, 6.45) is 0.176. The van der Waals surface area contributed by atoms with Gasteiger partial charge in [0.1, 0.15) is 0 Å². The molecule has 100 valence electrons. The number of carbonyl (C=O) groups excluding carboxylic acids is 1. The quantitative estimate of drug-likeness (QED) is 0.864. The van der Waals surface area contributed by atoms with Crippen LogP contribution in [0.1, 0.15) is 36.2 Å². The summed E-state index contributed by atoms with van der Waals surface area (Å²) in [4.78, 5) is 11.8. The smallest absolute Gasteiger partial charge is 0.251 e. The maximum absolute atomic E-state index is 11.8. The first-order valence-electron chi connectivity index (χ1n) is 6.14. The maximum Gasteiger partial charge on any atom is 0.251 e. The highest BCUT2D eigenvalue weighted by Gasteiger charge is 2.11. The fourth-order valence-electron chi connectivity index (χ4n) is 1.50. The topological polar surface area (TPSA) is 49.3 Å². The molecule has 1 aromatic carbocycles. The van der Waals surface area contributed by atoms with Gasteiger partial charge in [0.2, 0.25) is 0 Å². The number of aryl methyl sites for hydroxylation is 1. The van der Waals surface area contributed by atoms with Gasteiger partial charge in [-0.2, -0.15) is 0 Å². The van der Waals surface area contributed by atoms with E-state index in [1.165, 1.54) is 0 Å². The molecule has 2 N–H and O–H groups in total. The molecule has 0 saturated heterocycles. The van der Waals surface area contributed by atoms with Crippen molar-refractivity contribution in [2.24, 2.45) is 5.92 Å². The van der Waals surface area contributed by atoms with E-state index in [9.17, 15) is 9.90 Å². The maximum atomic E-state index is 11.8. The minimum absolute atomic E-state index is 0.159. The largest absolute Gasteiger partial charge is 0.393 e. The molecule has 0 heterocycles. The van der Waals surface area contributed by atoms with Gasteiger partial charge in [0, 0.05) is 17.1 Å². The summed E-state index contributed by atoms with van der Waals surface area (Å²) < 4.78 is 0. The van der Waals surface area contributed by atoms with E-state index in [0.29, 0.717) is 23.6 Å². The number of hydrogen-bond donors (Lipinski definition) is 2. The second-order valence-electron chi connectivity index (χ2n) is 4.82. The Kier molecular flexibility index (Phi) is 5.63. The van der Waals surface area contributed by atoms with Gasteiger partial charge < -0.3 is 10.4 Å². The standard InChI is InChI=1S/C14H20ClNO2/c1-9(2)13(17)6-7-16-14(18)11-5-4-10(3)12(15)8-11/h4-5,8-9,13,17H,6-7H2,1-3H3,(H,16,18). The van der Waals surface area contributed by atoms with Gasteiger partial charge in [-0.05, 0) is 37.0 Å². The molecule has 0 spiro atoms. The van der Waals surface area contributed by atoms with Gasteiger partial charge >= 0.3 is 0 Å². The van der Waals surface area contributed by atoms with Crippen molar-refractivity contribution in [1.29, 1.82) is 0 Å². The molecule has 0 aliphatic carbocycles. The number of rotatable bonds is 5. The Bertz CT molecular complexity index is 418. The first-order chi connectivity index (χ1) is 8.41. The van der Waals surface area contributed by atoms with E-state index in [1.54, 1.807) is 12.1 Å². The van der Waals surface area contributed by atoms with Crippen LogP contribution in [-0.2, 0) is 0 Å². The molecule has 0 fully saturated rings. The predicted molar refractivity (Wildman–Crippen MR) is 74.0 cm³/mol. The second kappa shape index (κ2) is 6.76. The normalized spacial score (nSPS) is 12.6. The van der Waals surface area contributed by atoms with Crippen molar-refractivity contribution >= 4 is 17.5 Å². The van der Waals surface area contributed by atoms with E-state index in [1.807, 2.05) is 26.8 Å². The number of hydrogen-bond acceptors (Lipinski definition) is 2. The Hall–Kier alpha value is -1.06. The molecule has 0 bridgehead atoms. The molecular formula is C14H20ClNO2. The van der Waals surface area contributed by atoms with Crippen LogP contribution < -0.4 is 5.32 Å². The molecule has 0 aromatic heterocycles. The molecule has 4 heteroatoms. The van der Waals surface area contributed by atoms with E-state index in [-0.39, 0.29) is 17.9 Å². The second-order valence-corrected chi connectivity index (χ2v) is 5.23.